The molecule has 1 aliphatic rings. The Hall–Kier alpha value is -3.69. The maximum atomic E-state index is 13.3. The molecule has 34 heavy (non-hydrogen) atoms. The van der Waals surface area contributed by atoms with Gasteiger partial charge in [-0.15, -0.1) is 0 Å². The molecule has 3 aromatic rings. The number of aromatic nitrogens is 2. The van der Waals surface area contributed by atoms with Crippen LogP contribution in [0.5, 0.6) is 0 Å². The number of carboxylic acid groups (broad SMARTS) is 1. The fourth-order valence-corrected chi connectivity index (χ4v) is 4.47. The number of nitrogens with zero attached hydrogens (tertiary/aromatic N) is 3. The van der Waals surface area contributed by atoms with Gasteiger partial charge >= 0.3 is 5.97 Å². The Kier molecular flexibility index (Phi) is 6.67. The molecule has 4 rings (SSSR count). The van der Waals surface area contributed by atoms with E-state index in [2.05, 4.69) is 15.3 Å². The van der Waals surface area contributed by atoms with Gasteiger partial charge in [0.2, 0.25) is 0 Å². The molecule has 2 aromatic carbocycles. The van der Waals surface area contributed by atoms with Crippen molar-refractivity contribution in [1.29, 1.82) is 0 Å². The van der Waals surface area contributed by atoms with Crippen LogP contribution in [-0.2, 0) is 16.1 Å². The van der Waals surface area contributed by atoms with E-state index in [4.69, 9.17) is 16.7 Å². The molecular weight excluding hydrogens is 476 g/mol. The Morgan fingerprint density at radius 1 is 1.00 bits per heavy atom. The van der Waals surface area contributed by atoms with Crippen molar-refractivity contribution in [2.24, 2.45) is 0 Å². The lowest BCUT2D eigenvalue weighted by Gasteiger charge is -2.15. The molecule has 0 bridgehead atoms. The van der Waals surface area contributed by atoms with Crippen molar-refractivity contribution in [1.82, 2.24) is 14.9 Å². The Balaban J connectivity index is 1.68. The summed E-state index contributed by atoms with van der Waals surface area (Å²) in [7, 11) is 0. The second kappa shape index (κ2) is 9.66. The molecule has 1 aliphatic heterocycles. The van der Waals surface area contributed by atoms with Crippen molar-refractivity contribution in [3.8, 4) is 0 Å². The highest BCUT2D eigenvalue weighted by atomic mass is 35.5. The Bertz CT molecular complexity index is 1300. The number of hydrogen-bond acceptors (Lipinski definition) is 7. The summed E-state index contributed by atoms with van der Waals surface area (Å²) < 4.78 is 0. The van der Waals surface area contributed by atoms with Crippen LogP contribution in [0.4, 0.5) is 5.69 Å². The van der Waals surface area contributed by atoms with E-state index >= 15 is 0 Å². The van der Waals surface area contributed by atoms with Crippen molar-refractivity contribution < 1.29 is 19.5 Å². The van der Waals surface area contributed by atoms with E-state index in [1.807, 2.05) is 19.9 Å². The number of imide groups is 1. The number of hydrogen-bond donors (Lipinski definition) is 2. The van der Waals surface area contributed by atoms with Crippen LogP contribution in [0.25, 0.3) is 0 Å². The summed E-state index contributed by atoms with van der Waals surface area (Å²) in [6.45, 7) is 3.71. The number of nitrogens with one attached hydrogen (secondary N) is 1. The molecule has 0 atom stereocenters. The second-order valence-corrected chi connectivity index (χ2v) is 8.98. The Labute approximate surface area is 204 Å². The fourth-order valence-electron chi connectivity index (χ4n) is 3.35. The van der Waals surface area contributed by atoms with Gasteiger partial charge in [-0.05, 0) is 73.6 Å². The first-order valence-electron chi connectivity index (χ1n) is 10.2. The van der Waals surface area contributed by atoms with Gasteiger partial charge in [-0.1, -0.05) is 23.7 Å². The zero-order chi connectivity index (χ0) is 24.4. The minimum absolute atomic E-state index is 0.0652. The third kappa shape index (κ3) is 5.11. The van der Waals surface area contributed by atoms with E-state index in [0.717, 1.165) is 33.6 Å². The van der Waals surface area contributed by atoms with E-state index in [1.165, 1.54) is 24.3 Å². The van der Waals surface area contributed by atoms with Gasteiger partial charge in [-0.3, -0.25) is 14.5 Å². The largest absolute Gasteiger partial charge is 0.478 e. The van der Waals surface area contributed by atoms with Crippen molar-refractivity contribution >= 4 is 46.8 Å². The molecule has 2 amide bonds. The fraction of sp³-hybridized carbons (Fsp3) is 0.125. The highest BCUT2D eigenvalue weighted by Crippen LogP contribution is 2.35. The summed E-state index contributed by atoms with van der Waals surface area (Å²) in [4.78, 5) is 47.8. The third-order valence-corrected chi connectivity index (χ3v) is 6.14. The molecule has 2 N–H and O–H groups in total. The van der Waals surface area contributed by atoms with Crippen molar-refractivity contribution in [2.45, 2.75) is 25.5 Å². The number of carbonyl (C=O) groups is 3. The van der Waals surface area contributed by atoms with Crippen LogP contribution in [0, 0.1) is 13.8 Å². The number of benzene rings is 2. The summed E-state index contributed by atoms with van der Waals surface area (Å²) in [6.07, 6.45) is 0. The van der Waals surface area contributed by atoms with Gasteiger partial charge < -0.3 is 10.4 Å². The normalized spacial score (nSPS) is 13.6. The van der Waals surface area contributed by atoms with E-state index in [0.29, 0.717) is 15.9 Å². The van der Waals surface area contributed by atoms with Crippen LogP contribution < -0.4 is 5.32 Å². The van der Waals surface area contributed by atoms with Gasteiger partial charge in [0.25, 0.3) is 11.8 Å². The second-order valence-electron chi connectivity index (χ2n) is 7.57. The minimum atomic E-state index is -1.06. The minimum Gasteiger partial charge on any atom is -0.478 e. The van der Waals surface area contributed by atoms with Crippen molar-refractivity contribution in [3.63, 3.8) is 0 Å². The van der Waals surface area contributed by atoms with Gasteiger partial charge in [-0.25, -0.2) is 14.8 Å². The van der Waals surface area contributed by atoms with Gasteiger partial charge in [-0.2, -0.15) is 0 Å². The molecule has 0 aliphatic carbocycles. The molecule has 10 heteroatoms. The summed E-state index contributed by atoms with van der Waals surface area (Å²) in [5, 5.41) is 13.0. The first-order chi connectivity index (χ1) is 16.2. The third-order valence-electron chi connectivity index (χ3n) is 4.94. The molecule has 172 valence electrons. The number of rotatable bonds is 7. The summed E-state index contributed by atoms with van der Waals surface area (Å²) in [5.74, 6) is -2.04. The lowest BCUT2D eigenvalue weighted by molar-refractivity contribution is -0.137. The topological polar surface area (TPSA) is 112 Å². The van der Waals surface area contributed by atoms with Crippen LogP contribution in [0.15, 0.2) is 70.4 Å². The highest BCUT2D eigenvalue weighted by Gasteiger charge is 2.39. The lowest BCUT2D eigenvalue weighted by atomic mass is 10.2. The number of aryl methyl sites for hydroxylation is 2. The number of carbonyl (C=O) groups excluding carboxylic acids is 2. The predicted molar refractivity (Wildman–Crippen MR) is 128 cm³/mol. The number of halogens is 1. The highest BCUT2D eigenvalue weighted by molar-refractivity contribution is 8.04. The van der Waals surface area contributed by atoms with Crippen LogP contribution in [-0.4, -0.2) is 37.8 Å². The van der Waals surface area contributed by atoms with E-state index in [9.17, 15) is 14.4 Å². The summed E-state index contributed by atoms with van der Waals surface area (Å²) in [6, 6.07) is 14.6. The average Bonchev–Trinajstić information content (AvgIpc) is 2.99. The molecule has 0 radical (unpaired) electrons. The standard InChI is InChI=1S/C24H19ClN4O4S/c1-13-11-14(2)27-24(26-13)34-20-19(28-18-9-5-16(6-10-18)23(32)33)21(30)29(22(20)31)12-15-3-7-17(25)8-4-15/h3-11,28H,12H2,1-2H3,(H,32,33). The SMILES string of the molecule is Cc1cc(C)nc(SC2=C(Nc3ccc(C(=O)O)cc3)C(=O)N(Cc3ccc(Cl)cc3)C2=O)n1. The molecule has 0 saturated heterocycles. The Morgan fingerprint density at radius 2 is 1.62 bits per heavy atom. The molecule has 0 unspecified atom stereocenters. The Morgan fingerprint density at radius 3 is 2.21 bits per heavy atom. The lowest BCUT2D eigenvalue weighted by Crippen LogP contribution is -2.31. The van der Waals surface area contributed by atoms with Crippen molar-refractivity contribution in [2.75, 3.05) is 5.32 Å². The van der Waals surface area contributed by atoms with Crippen LogP contribution in [0.2, 0.25) is 5.02 Å². The molecule has 1 aromatic heterocycles. The van der Waals surface area contributed by atoms with E-state index in [-0.39, 0.29) is 22.7 Å². The number of anilines is 1. The molecule has 8 nitrogen and oxygen atoms in total. The first-order valence-corrected chi connectivity index (χ1v) is 11.4. The molecule has 2 heterocycles. The zero-order valence-corrected chi connectivity index (χ0v) is 19.8. The molecule has 0 fully saturated rings. The van der Waals surface area contributed by atoms with Gasteiger partial charge in [0, 0.05) is 22.1 Å². The maximum absolute atomic E-state index is 13.3. The summed E-state index contributed by atoms with van der Waals surface area (Å²) in [5.41, 5.74) is 2.87. The van der Waals surface area contributed by atoms with Gasteiger partial charge in [0.1, 0.15) is 10.6 Å². The smallest absolute Gasteiger partial charge is 0.335 e. The van der Waals surface area contributed by atoms with Crippen LogP contribution >= 0.6 is 23.4 Å². The van der Waals surface area contributed by atoms with Crippen LogP contribution in [0.1, 0.15) is 27.3 Å². The molecular formula is C24H19ClN4O4S. The maximum Gasteiger partial charge on any atom is 0.335 e. The molecule has 0 spiro atoms. The van der Waals surface area contributed by atoms with E-state index < -0.39 is 17.8 Å². The van der Waals surface area contributed by atoms with Gasteiger partial charge in [0.05, 0.1) is 12.1 Å². The number of amides is 2. The number of thioether (sulfide) groups is 1. The quantitative estimate of drug-likeness (QED) is 0.366. The predicted octanol–water partition coefficient (Wildman–Crippen LogP) is 4.43. The number of carboxylic acids is 1. The monoisotopic (exact) mass is 494 g/mol. The summed E-state index contributed by atoms with van der Waals surface area (Å²) >= 11 is 6.96. The first kappa shape index (κ1) is 23.5. The van der Waals surface area contributed by atoms with Gasteiger partial charge in [0.15, 0.2) is 5.16 Å². The number of aromatic carboxylic acids is 1. The van der Waals surface area contributed by atoms with E-state index in [1.54, 1.807) is 24.3 Å². The zero-order valence-electron chi connectivity index (χ0n) is 18.2. The van der Waals surface area contributed by atoms with Crippen molar-refractivity contribution in [3.05, 3.63) is 92.7 Å². The average molecular weight is 495 g/mol. The van der Waals surface area contributed by atoms with Crippen LogP contribution in [0.3, 0.4) is 0 Å². The molecule has 0 saturated carbocycles.